The molecule has 2 aromatic carbocycles. The molecular weight excluding hydrogens is 528 g/mol. The van der Waals surface area contributed by atoms with Gasteiger partial charge in [0.2, 0.25) is 0 Å². The first kappa shape index (κ1) is 27.8. The smallest absolute Gasteiger partial charge is 0.264 e. The van der Waals surface area contributed by atoms with E-state index in [4.69, 9.17) is 19.3 Å². The number of nitrogens with zero attached hydrogens (tertiary/aromatic N) is 4. The summed E-state index contributed by atoms with van der Waals surface area (Å²) < 4.78 is 16.5. The van der Waals surface area contributed by atoms with Crippen molar-refractivity contribution in [2.24, 2.45) is 5.10 Å². The molecule has 40 heavy (non-hydrogen) atoms. The molecule has 2 aliphatic heterocycles. The number of hydrazone groups is 1. The van der Waals surface area contributed by atoms with Gasteiger partial charge in [-0.2, -0.15) is 5.10 Å². The van der Waals surface area contributed by atoms with Crippen molar-refractivity contribution in [1.82, 2.24) is 14.8 Å². The minimum absolute atomic E-state index is 0.0817. The number of hydrogen-bond donors (Lipinski definition) is 0. The maximum Gasteiger partial charge on any atom is 0.264 e. The molecule has 0 aliphatic carbocycles. The van der Waals surface area contributed by atoms with E-state index in [-0.39, 0.29) is 24.4 Å². The Hall–Kier alpha value is -3.73. The third-order valence-corrected chi connectivity index (χ3v) is 8.06. The highest BCUT2D eigenvalue weighted by molar-refractivity contribution is 7.12. The fourth-order valence-electron chi connectivity index (χ4n) is 5.03. The van der Waals surface area contributed by atoms with Gasteiger partial charge in [-0.3, -0.25) is 14.5 Å². The van der Waals surface area contributed by atoms with E-state index in [1.807, 2.05) is 60.0 Å². The molecule has 1 aromatic heterocycles. The Morgan fingerprint density at radius 1 is 1.05 bits per heavy atom. The number of hydrogen-bond acceptors (Lipinski definition) is 8. The quantitative estimate of drug-likeness (QED) is 0.373. The lowest BCUT2D eigenvalue weighted by Crippen LogP contribution is -2.46. The summed E-state index contributed by atoms with van der Waals surface area (Å²) in [6, 6.07) is 18.6. The van der Waals surface area contributed by atoms with Crippen molar-refractivity contribution in [3.63, 3.8) is 0 Å². The maximum atomic E-state index is 14.0. The van der Waals surface area contributed by atoms with Gasteiger partial charge in [0.1, 0.15) is 18.0 Å². The SMILES string of the molecule is COc1cccc(C2=NN(C(=O)CN(CCN3CCOCC3)C(=O)c3cccs3)[C@H](c3ccccc3OC)C2)c1. The summed E-state index contributed by atoms with van der Waals surface area (Å²) >= 11 is 1.38. The van der Waals surface area contributed by atoms with E-state index in [2.05, 4.69) is 4.90 Å². The first-order valence-electron chi connectivity index (χ1n) is 13.4. The molecule has 2 aliphatic rings. The standard InChI is InChI=1S/C30H34N4O5S/c1-37-23-8-5-7-22(19-23)25-20-26(24-9-3-4-10-27(24)38-2)34(31-25)29(35)21-33(30(36)28-11-6-18-40-28)13-12-32-14-16-39-17-15-32/h3-11,18-19,26H,12-17,20-21H2,1-2H3/t26-/m0/s1. The largest absolute Gasteiger partial charge is 0.497 e. The Balaban J connectivity index is 1.43. The van der Waals surface area contributed by atoms with Gasteiger partial charge in [0.25, 0.3) is 11.8 Å². The molecule has 10 heteroatoms. The summed E-state index contributed by atoms with van der Waals surface area (Å²) in [4.78, 5) is 32.0. The molecule has 0 unspecified atom stereocenters. The highest BCUT2D eigenvalue weighted by atomic mass is 32.1. The van der Waals surface area contributed by atoms with Crippen LogP contribution in [0.5, 0.6) is 11.5 Å². The number of carbonyl (C=O) groups is 2. The highest BCUT2D eigenvalue weighted by Crippen LogP contribution is 2.38. The van der Waals surface area contributed by atoms with Crippen LogP contribution in [0.2, 0.25) is 0 Å². The fraction of sp³-hybridized carbons (Fsp3) is 0.367. The van der Waals surface area contributed by atoms with Crippen molar-refractivity contribution in [1.29, 1.82) is 0 Å². The van der Waals surface area contributed by atoms with Crippen molar-refractivity contribution in [2.45, 2.75) is 12.5 Å². The Labute approximate surface area is 238 Å². The topological polar surface area (TPSA) is 83.9 Å². The van der Waals surface area contributed by atoms with Gasteiger partial charge in [-0.05, 0) is 29.6 Å². The monoisotopic (exact) mass is 562 g/mol. The first-order valence-corrected chi connectivity index (χ1v) is 14.2. The molecule has 2 amide bonds. The lowest BCUT2D eigenvalue weighted by Gasteiger charge is -2.31. The van der Waals surface area contributed by atoms with E-state index in [1.165, 1.54) is 16.3 Å². The number of ether oxygens (including phenoxy) is 3. The van der Waals surface area contributed by atoms with Gasteiger partial charge in [-0.15, -0.1) is 11.3 Å². The predicted octanol–water partition coefficient (Wildman–Crippen LogP) is 3.92. The molecule has 1 atom stereocenters. The molecule has 3 heterocycles. The van der Waals surface area contributed by atoms with Gasteiger partial charge in [0.15, 0.2) is 0 Å². The number of carbonyl (C=O) groups excluding carboxylic acids is 2. The van der Waals surface area contributed by atoms with Gasteiger partial charge < -0.3 is 19.1 Å². The maximum absolute atomic E-state index is 14.0. The molecule has 5 rings (SSSR count). The number of amides is 2. The van der Waals surface area contributed by atoms with Crippen LogP contribution in [0.1, 0.15) is 33.3 Å². The number of rotatable bonds is 10. The minimum Gasteiger partial charge on any atom is -0.497 e. The summed E-state index contributed by atoms with van der Waals surface area (Å²) in [6.07, 6.45) is 0.506. The summed E-state index contributed by atoms with van der Waals surface area (Å²) in [5.74, 6) is 1.00. The normalized spacial score (nSPS) is 17.4. The summed E-state index contributed by atoms with van der Waals surface area (Å²) in [6.45, 7) is 3.99. The highest BCUT2D eigenvalue weighted by Gasteiger charge is 2.36. The molecule has 0 radical (unpaired) electrons. The molecule has 3 aromatic rings. The Morgan fingerprint density at radius 2 is 1.88 bits per heavy atom. The molecule has 0 bridgehead atoms. The van der Waals surface area contributed by atoms with Gasteiger partial charge in [0, 0.05) is 43.7 Å². The van der Waals surface area contributed by atoms with Crippen molar-refractivity contribution in [3.05, 3.63) is 82.0 Å². The molecule has 0 N–H and O–H groups in total. The number of para-hydroxylation sites is 1. The van der Waals surface area contributed by atoms with E-state index in [0.717, 1.165) is 35.7 Å². The average molecular weight is 563 g/mol. The Bertz CT molecular complexity index is 1340. The molecule has 9 nitrogen and oxygen atoms in total. The summed E-state index contributed by atoms with van der Waals surface area (Å²) in [5, 5.41) is 8.22. The van der Waals surface area contributed by atoms with Crippen LogP contribution < -0.4 is 9.47 Å². The van der Waals surface area contributed by atoms with Gasteiger partial charge in [-0.1, -0.05) is 36.4 Å². The zero-order valence-electron chi connectivity index (χ0n) is 22.8. The molecule has 1 fully saturated rings. The van der Waals surface area contributed by atoms with Crippen molar-refractivity contribution >= 4 is 28.9 Å². The number of morpholine rings is 1. The van der Waals surface area contributed by atoms with Crippen LogP contribution in [0.25, 0.3) is 0 Å². The zero-order chi connectivity index (χ0) is 27.9. The van der Waals surface area contributed by atoms with E-state index in [9.17, 15) is 9.59 Å². The van der Waals surface area contributed by atoms with Gasteiger partial charge >= 0.3 is 0 Å². The van der Waals surface area contributed by atoms with E-state index in [0.29, 0.717) is 43.4 Å². The van der Waals surface area contributed by atoms with Crippen molar-refractivity contribution in [3.8, 4) is 11.5 Å². The predicted molar refractivity (Wildman–Crippen MR) is 154 cm³/mol. The fourth-order valence-corrected chi connectivity index (χ4v) is 5.72. The lowest BCUT2D eigenvalue weighted by atomic mass is 9.97. The molecular formula is C30H34N4O5S. The number of benzene rings is 2. The second-order valence-electron chi connectivity index (χ2n) is 9.64. The van der Waals surface area contributed by atoms with Crippen LogP contribution in [-0.2, 0) is 9.53 Å². The Kier molecular flexibility index (Phi) is 9.10. The molecule has 210 valence electrons. The summed E-state index contributed by atoms with van der Waals surface area (Å²) in [7, 11) is 3.25. The van der Waals surface area contributed by atoms with Crippen molar-refractivity contribution < 1.29 is 23.8 Å². The van der Waals surface area contributed by atoms with Crippen LogP contribution in [0.15, 0.2) is 71.1 Å². The Morgan fingerprint density at radius 3 is 2.62 bits per heavy atom. The molecule has 0 spiro atoms. The number of methoxy groups -OCH3 is 2. The number of thiophene rings is 1. The zero-order valence-corrected chi connectivity index (χ0v) is 23.6. The van der Waals surface area contributed by atoms with E-state index in [1.54, 1.807) is 25.2 Å². The minimum atomic E-state index is -0.372. The van der Waals surface area contributed by atoms with Crippen LogP contribution in [0.4, 0.5) is 0 Å². The van der Waals surface area contributed by atoms with E-state index < -0.39 is 0 Å². The second kappa shape index (κ2) is 13.1. The van der Waals surface area contributed by atoms with Crippen LogP contribution >= 0.6 is 11.3 Å². The summed E-state index contributed by atoms with van der Waals surface area (Å²) in [5.41, 5.74) is 2.52. The van der Waals surface area contributed by atoms with Crippen LogP contribution in [0.3, 0.4) is 0 Å². The average Bonchev–Trinajstić information content (AvgIpc) is 3.71. The molecule has 1 saturated heterocycles. The van der Waals surface area contributed by atoms with Gasteiger partial charge in [0.05, 0.1) is 44.1 Å². The molecule has 0 saturated carbocycles. The van der Waals surface area contributed by atoms with E-state index >= 15 is 0 Å². The van der Waals surface area contributed by atoms with Crippen LogP contribution in [-0.4, -0.2) is 92.5 Å². The first-order chi connectivity index (χ1) is 19.6. The van der Waals surface area contributed by atoms with Crippen molar-refractivity contribution in [2.75, 3.05) is 60.2 Å². The second-order valence-corrected chi connectivity index (χ2v) is 10.6. The third kappa shape index (κ3) is 6.35. The van der Waals surface area contributed by atoms with Gasteiger partial charge in [-0.25, -0.2) is 5.01 Å². The lowest BCUT2D eigenvalue weighted by molar-refractivity contribution is -0.133. The van der Waals surface area contributed by atoms with Crippen LogP contribution in [0, 0.1) is 0 Å². The third-order valence-electron chi connectivity index (χ3n) is 7.20.